The molecular formula is C30H26N4. The largest absolute Gasteiger partial charge is 0.309 e. The van der Waals surface area contributed by atoms with Crippen molar-refractivity contribution in [3.05, 3.63) is 133 Å². The quantitative estimate of drug-likeness (QED) is 0.256. The van der Waals surface area contributed by atoms with Crippen molar-refractivity contribution in [3.63, 3.8) is 0 Å². The Balaban J connectivity index is 1.65. The van der Waals surface area contributed by atoms with Crippen LogP contribution in [0.5, 0.6) is 0 Å². The zero-order valence-corrected chi connectivity index (χ0v) is 19.1. The van der Waals surface area contributed by atoms with Crippen molar-refractivity contribution in [2.24, 2.45) is 0 Å². The van der Waals surface area contributed by atoms with E-state index in [1.165, 1.54) is 5.56 Å². The summed E-state index contributed by atoms with van der Waals surface area (Å²) in [5.74, 6) is 0. The Kier molecular flexibility index (Phi) is 6.30. The van der Waals surface area contributed by atoms with Crippen molar-refractivity contribution in [3.8, 4) is 0 Å². The minimum atomic E-state index is 0.891. The van der Waals surface area contributed by atoms with Gasteiger partial charge in [-0.15, -0.1) is 0 Å². The molecule has 0 unspecified atom stereocenters. The van der Waals surface area contributed by atoms with E-state index in [2.05, 4.69) is 106 Å². The van der Waals surface area contributed by atoms with E-state index in [-0.39, 0.29) is 0 Å². The van der Waals surface area contributed by atoms with Gasteiger partial charge >= 0.3 is 0 Å². The van der Waals surface area contributed by atoms with E-state index in [4.69, 9.17) is 0 Å². The van der Waals surface area contributed by atoms with Crippen LogP contribution in [-0.4, -0.2) is 9.97 Å². The highest BCUT2D eigenvalue weighted by molar-refractivity contribution is 5.82. The second-order valence-electron chi connectivity index (χ2n) is 7.93. The first kappa shape index (κ1) is 21.4. The van der Waals surface area contributed by atoms with Gasteiger partial charge in [-0.05, 0) is 78.7 Å². The van der Waals surface area contributed by atoms with Gasteiger partial charge in [0.25, 0.3) is 0 Å². The molecule has 0 aliphatic heterocycles. The van der Waals surface area contributed by atoms with Crippen LogP contribution in [0.15, 0.2) is 128 Å². The van der Waals surface area contributed by atoms with Gasteiger partial charge in [-0.3, -0.25) is 9.97 Å². The molecule has 0 amide bonds. The van der Waals surface area contributed by atoms with Gasteiger partial charge in [0, 0.05) is 35.1 Å². The van der Waals surface area contributed by atoms with E-state index in [0.29, 0.717) is 0 Å². The molecule has 0 bridgehead atoms. The van der Waals surface area contributed by atoms with Gasteiger partial charge in [0.2, 0.25) is 0 Å². The summed E-state index contributed by atoms with van der Waals surface area (Å²) in [6.45, 7) is 2.20. The third kappa shape index (κ3) is 4.39. The highest BCUT2D eigenvalue weighted by Crippen LogP contribution is 2.40. The average Bonchev–Trinajstić information content (AvgIpc) is 2.92. The molecule has 166 valence electrons. The predicted octanol–water partition coefficient (Wildman–Crippen LogP) is 7.98. The molecule has 34 heavy (non-hydrogen) atoms. The van der Waals surface area contributed by atoms with Crippen molar-refractivity contribution in [2.75, 3.05) is 9.80 Å². The molecule has 0 saturated heterocycles. The summed E-state index contributed by atoms with van der Waals surface area (Å²) in [5.41, 5.74) is 7.74. The molecule has 5 aromatic rings. The normalized spacial score (nSPS) is 10.6. The summed E-state index contributed by atoms with van der Waals surface area (Å²) >= 11 is 0. The van der Waals surface area contributed by atoms with E-state index in [1.807, 2.05) is 42.9 Å². The Hall–Kier alpha value is -4.44. The molecule has 2 aromatic heterocycles. The molecule has 0 aliphatic rings. The molecule has 0 spiro atoms. The van der Waals surface area contributed by atoms with Gasteiger partial charge in [0.05, 0.1) is 23.8 Å². The number of para-hydroxylation sites is 2. The van der Waals surface area contributed by atoms with E-state index in [1.54, 1.807) is 6.20 Å². The third-order valence-electron chi connectivity index (χ3n) is 5.78. The van der Waals surface area contributed by atoms with E-state index in [0.717, 1.165) is 40.5 Å². The third-order valence-corrected chi connectivity index (χ3v) is 5.78. The topological polar surface area (TPSA) is 32.3 Å². The minimum absolute atomic E-state index is 0.891. The second kappa shape index (κ2) is 10.0. The summed E-state index contributed by atoms with van der Waals surface area (Å²) in [6, 6.07) is 35.7. The maximum Gasteiger partial charge on any atom is 0.0645 e. The molecular weight excluding hydrogens is 416 g/mol. The fraction of sp³-hybridized carbons (Fsp3) is 0.0667. The first-order valence-electron chi connectivity index (χ1n) is 11.5. The monoisotopic (exact) mass is 442 g/mol. The van der Waals surface area contributed by atoms with Crippen LogP contribution in [0.4, 0.5) is 34.1 Å². The number of rotatable bonds is 7. The average molecular weight is 443 g/mol. The molecule has 0 atom stereocenters. The Morgan fingerprint density at radius 3 is 1.59 bits per heavy atom. The number of nitrogens with zero attached hydrogens (tertiary/aromatic N) is 4. The zero-order chi connectivity index (χ0) is 23.2. The van der Waals surface area contributed by atoms with E-state index >= 15 is 0 Å². The van der Waals surface area contributed by atoms with Gasteiger partial charge in [-0.1, -0.05) is 43.3 Å². The lowest BCUT2D eigenvalue weighted by Crippen LogP contribution is -2.14. The van der Waals surface area contributed by atoms with Crippen molar-refractivity contribution in [1.82, 2.24) is 9.97 Å². The highest BCUT2D eigenvalue weighted by Gasteiger charge is 2.18. The van der Waals surface area contributed by atoms with E-state index in [9.17, 15) is 0 Å². The molecule has 4 nitrogen and oxygen atoms in total. The molecule has 0 N–H and O–H groups in total. The van der Waals surface area contributed by atoms with Crippen molar-refractivity contribution >= 4 is 34.1 Å². The Morgan fingerprint density at radius 1 is 0.529 bits per heavy atom. The van der Waals surface area contributed by atoms with Crippen LogP contribution in [-0.2, 0) is 6.42 Å². The number of hydrogen-bond acceptors (Lipinski definition) is 4. The smallest absolute Gasteiger partial charge is 0.0645 e. The Bertz CT molecular complexity index is 1250. The van der Waals surface area contributed by atoms with Crippen LogP contribution in [0.25, 0.3) is 0 Å². The molecule has 2 heterocycles. The molecule has 0 fully saturated rings. The predicted molar refractivity (Wildman–Crippen MR) is 141 cm³/mol. The van der Waals surface area contributed by atoms with Gasteiger partial charge in [0.1, 0.15) is 0 Å². The molecule has 0 saturated carbocycles. The molecule has 3 aromatic carbocycles. The van der Waals surface area contributed by atoms with Crippen LogP contribution in [0.1, 0.15) is 12.5 Å². The number of pyridine rings is 2. The fourth-order valence-electron chi connectivity index (χ4n) is 4.21. The first-order valence-corrected chi connectivity index (χ1v) is 11.5. The molecule has 0 aliphatic carbocycles. The van der Waals surface area contributed by atoms with Gasteiger partial charge < -0.3 is 9.80 Å². The molecule has 0 radical (unpaired) electrons. The highest BCUT2D eigenvalue weighted by atomic mass is 15.2. The summed E-state index contributed by atoms with van der Waals surface area (Å²) in [4.78, 5) is 13.3. The molecule has 4 heteroatoms. The Morgan fingerprint density at radius 2 is 1.06 bits per heavy atom. The van der Waals surface area contributed by atoms with Crippen LogP contribution in [0, 0.1) is 0 Å². The van der Waals surface area contributed by atoms with Gasteiger partial charge in [-0.25, -0.2) is 0 Å². The lowest BCUT2D eigenvalue weighted by atomic mass is 10.1. The summed E-state index contributed by atoms with van der Waals surface area (Å²) in [5, 5.41) is 0. The number of hydrogen-bond donors (Lipinski definition) is 0. The van der Waals surface area contributed by atoms with E-state index < -0.39 is 0 Å². The number of aromatic nitrogens is 2. The summed E-state index contributed by atoms with van der Waals surface area (Å²) < 4.78 is 0. The molecule has 5 rings (SSSR count). The maximum atomic E-state index is 4.38. The summed E-state index contributed by atoms with van der Waals surface area (Å²) in [6.07, 6.45) is 8.31. The van der Waals surface area contributed by atoms with Crippen molar-refractivity contribution in [1.29, 1.82) is 0 Å². The minimum Gasteiger partial charge on any atom is -0.309 e. The number of anilines is 6. The van der Waals surface area contributed by atoms with Crippen LogP contribution < -0.4 is 9.80 Å². The van der Waals surface area contributed by atoms with Crippen molar-refractivity contribution in [2.45, 2.75) is 13.3 Å². The lowest BCUT2D eigenvalue weighted by Gasteiger charge is -2.30. The van der Waals surface area contributed by atoms with Crippen LogP contribution in [0.2, 0.25) is 0 Å². The number of aryl methyl sites for hydroxylation is 1. The SMILES string of the molecule is CCc1cc(N(c2ccccc2)c2cccnc2)ccc1N(c1ccccc1)c1cccnc1. The Labute approximate surface area is 200 Å². The standard InChI is InChI=1S/C30H26N4/c1-2-24-21-27(33(25-11-5-3-6-12-25)28-15-9-19-31-22-28)17-18-30(24)34(26-13-7-4-8-14-26)29-16-10-20-32-23-29/h3-23H,2H2,1H3. The first-order chi connectivity index (χ1) is 16.8. The van der Waals surface area contributed by atoms with Gasteiger partial charge in [0.15, 0.2) is 0 Å². The maximum absolute atomic E-state index is 4.38. The van der Waals surface area contributed by atoms with Gasteiger partial charge in [-0.2, -0.15) is 0 Å². The second-order valence-corrected chi connectivity index (χ2v) is 7.93. The van der Waals surface area contributed by atoms with Crippen LogP contribution >= 0.6 is 0 Å². The van der Waals surface area contributed by atoms with Crippen LogP contribution in [0.3, 0.4) is 0 Å². The zero-order valence-electron chi connectivity index (χ0n) is 19.1. The summed E-state index contributed by atoms with van der Waals surface area (Å²) in [7, 11) is 0. The lowest BCUT2D eigenvalue weighted by molar-refractivity contribution is 1.10. The van der Waals surface area contributed by atoms with Crippen molar-refractivity contribution < 1.29 is 0 Å². The fourth-order valence-corrected chi connectivity index (χ4v) is 4.21. The number of benzene rings is 3.